The molecule has 0 spiro atoms. The fourth-order valence-corrected chi connectivity index (χ4v) is 6.77. The summed E-state index contributed by atoms with van der Waals surface area (Å²) >= 11 is 2.80. The lowest BCUT2D eigenvalue weighted by Crippen LogP contribution is -2.25. The second-order valence-electron chi connectivity index (χ2n) is 9.14. The largest absolute Gasteiger partial charge is 0.508 e. The van der Waals surface area contributed by atoms with Crippen LogP contribution in [0.5, 0.6) is 11.5 Å². The number of amides is 1. The van der Waals surface area contributed by atoms with Crippen LogP contribution < -0.4 is 15.7 Å². The van der Waals surface area contributed by atoms with Gasteiger partial charge in [0, 0.05) is 4.88 Å². The highest BCUT2D eigenvalue weighted by molar-refractivity contribution is 7.99. The van der Waals surface area contributed by atoms with Crippen LogP contribution in [0.25, 0.3) is 15.9 Å². The number of phenolic OH excluding ortho intramolecular Hbond substituents is 1. The standard InChI is InChI=1S/C29H30N4O4S2/c1-3-23(18-9-13-20(34)14-10-18)31-32-25(35)17-38-29-30-27-26(22-7-5-6-8-24(22)39-27)28(36)33(29)19-11-15-21(16-12-19)37-4-2/h9-16,34H,3-8,17H2,1-2H3,(H,32,35). The van der Waals surface area contributed by atoms with Gasteiger partial charge < -0.3 is 9.84 Å². The normalized spacial score (nSPS) is 13.3. The van der Waals surface area contributed by atoms with E-state index in [1.165, 1.54) is 16.6 Å². The summed E-state index contributed by atoms with van der Waals surface area (Å²) in [5, 5.41) is 15.0. The Labute approximate surface area is 234 Å². The minimum Gasteiger partial charge on any atom is -0.508 e. The molecule has 1 amide bonds. The zero-order valence-electron chi connectivity index (χ0n) is 21.9. The maximum Gasteiger partial charge on any atom is 0.267 e. The van der Waals surface area contributed by atoms with Gasteiger partial charge in [0.2, 0.25) is 0 Å². The van der Waals surface area contributed by atoms with Gasteiger partial charge >= 0.3 is 0 Å². The van der Waals surface area contributed by atoms with E-state index in [0.29, 0.717) is 35.0 Å². The van der Waals surface area contributed by atoms with Crippen molar-refractivity contribution in [1.29, 1.82) is 0 Å². The average molecular weight is 563 g/mol. The Bertz CT molecular complexity index is 1570. The lowest BCUT2D eigenvalue weighted by atomic mass is 9.97. The van der Waals surface area contributed by atoms with E-state index in [1.807, 2.05) is 38.1 Å². The number of nitrogens with zero attached hydrogens (tertiary/aromatic N) is 3. The Hall–Kier alpha value is -3.63. The maximum absolute atomic E-state index is 13.9. The molecule has 1 aliphatic rings. The third kappa shape index (κ3) is 5.86. The van der Waals surface area contributed by atoms with Crippen molar-refractivity contribution in [2.24, 2.45) is 5.10 Å². The second kappa shape index (κ2) is 12.0. The molecule has 0 atom stereocenters. The van der Waals surface area contributed by atoms with Crippen molar-refractivity contribution in [1.82, 2.24) is 15.0 Å². The van der Waals surface area contributed by atoms with Crippen LogP contribution in [0.2, 0.25) is 0 Å². The number of carbonyl (C=O) groups is 1. The molecule has 1 aliphatic carbocycles. The SMILES string of the molecule is CCOc1ccc(-n2c(SCC(=O)NN=C(CC)c3ccc(O)cc3)nc3sc4c(c3c2=O)CCCC4)cc1. The lowest BCUT2D eigenvalue weighted by molar-refractivity contribution is -0.118. The number of ether oxygens (including phenoxy) is 1. The zero-order chi connectivity index (χ0) is 27.4. The lowest BCUT2D eigenvalue weighted by Gasteiger charge is -2.14. The van der Waals surface area contributed by atoms with Gasteiger partial charge in [0.1, 0.15) is 16.3 Å². The first-order valence-corrected chi connectivity index (χ1v) is 14.9. The molecule has 10 heteroatoms. The number of aryl methyl sites for hydroxylation is 2. The van der Waals surface area contributed by atoms with E-state index >= 15 is 0 Å². The number of fused-ring (bicyclic) bond motifs is 3. The van der Waals surface area contributed by atoms with Crippen LogP contribution in [0.3, 0.4) is 0 Å². The molecule has 0 fully saturated rings. The summed E-state index contributed by atoms with van der Waals surface area (Å²) in [5.41, 5.74) is 5.84. The molecule has 5 rings (SSSR count). The van der Waals surface area contributed by atoms with Gasteiger partial charge in [-0.05, 0) is 98.7 Å². The second-order valence-corrected chi connectivity index (χ2v) is 11.2. The molecule has 2 aromatic carbocycles. The van der Waals surface area contributed by atoms with Gasteiger partial charge in [0.25, 0.3) is 11.5 Å². The van der Waals surface area contributed by atoms with Gasteiger partial charge in [-0.1, -0.05) is 18.7 Å². The number of phenols is 1. The number of hydrazone groups is 1. The number of thiophene rings is 1. The van der Waals surface area contributed by atoms with Crippen LogP contribution >= 0.6 is 23.1 Å². The maximum atomic E-state index is 13.9. The summed E-state index contributed by atoms with van der Waals surface area (Å²) in [7, 11) is 0. The van der Waals surface area contributed by atoms with Crippen molar-refractivity contribution < 1.29 is 14.6 Å². The number of thioether (sulfide) groups is 1. The van der Waals surface area contributed by atoms with Crippen molar-refractivity contribution >= 4 is 44.9 Å². The minimum atomic E-state index is -0.303. The van der Waals surface area contributed by atoms with Gasteiger partial charge in [-0.25, -0.2) is 10.4 Å². The molecule has 0 aliphatic heterocycles. The number of rotatable bonds is 9. The number of carbonyl (C=O) groups excluding carboxylic acids is 1. The topological polar surface area (TPSA) is 106 Å². The quantitative estimate of drug-likeness (QED) is 0.122. The van der Waals surface area contributed by atoms with E-state index in [1.54, 1.807) is 40.2 Å². The van der Waals surface area contributed by atoms with Gasteiger partial charge in [-0.15, -0.1) is 11.3 Å². The number of benzene rings is 2. The Kier molecular flexibility index (Phi) is 8.33. The Morgan fingerprint density at radius 1 is 1.13 bits per heavy atom. The first kappa shape index (κ1) is 27.0. The third-order valence-corrected chi connectivity index (χ3v) is 8.67. The molecule has 4 aromatic rings. The summed E-state index contributed by atoms with van der Waals surface area (Å²) in [6.45, 7) is 4.43. The van der Waals surface area contributed by atoms with Crippen molar-refractivity contribution in [2.45, 2.75) is 51.1 Å². The van der Waals surface area contributed by atoms with E-state index in [4.69, 9.17) is 9.72 Å². The van der Waals surface area contributed by atoms with E-state index < -0.39 is 0 Å². The van der Waals surface area contributed by atoms with Crippen LogP contribution in [-0.2, 0) is 17.6 Å². The molecule has 2 aromatic heterocycles. The average Bonchev–Trinajstić information content (AvgIpc) is 3.33. The molecule has 2 N–H and O–H groups in total. The Morgan fingerprint density at radius 2 is 1.87 bits per heavy atom. The highest BCUT2D eigenvalue weighted by Crippen LogP contribution is 2.35. The molecular weight excluding hydrogens is 532 g/mol. The number of nitrogens with one attached hydrogen (secondary N) is 1. The van der Waals surface area contributed by atoms with Crippen LogP contribution in [0.1, 0.15) is 49.1 Å². The third-order valence-electron chi connectivity index (χ3n) is 6.55. The van der Waals surface area contributed by atoms with E-state index in [-0.39, 0.29) is 23.0 Å². The summed E-state index contributed by atoms with van der Waals surface area (Å²) < 4.78 is 7.18. The summed E-state index contributed by atoms with van der Waals surface area (Å²) in [6, 6.07) is 14.1. The summed E-state index contributed by atoms with van der Waals surface area (Å²) in [4.78, 5) is 33.6. The van der Waals surface area contributed by atoms with Gasteiger partial charge in [0.15, 0.2) is 5.16 Å². The van der Waals surface area contributed by atoms with Crippen molar-refractivity contribution in [3.8, 4) is 17.2 Å². The highest BCUT2D eigenvalue weighted by Gasteiger charge is 2.23. The molecule has 0 radical (unpaired) electrons. The van der Waals surface area contributed by atoms with Crippen LogP contribution in [0, 0.1) is 0 Å². The van der Waals surface area contributed by atoms with Crippen molar-refractivity contribution in [3.63, 3.8) is 0 Å². The summed E-state index contributed by atoms with van der Waals surface area (Å²) in [6.07, 6.45) is 4.67. The molecular formula is C29H30N4O4S2. The van der Waals surface area contributed by atoms with Crippen LogP contribution in [0.15, 0.2) is 63.6 Å². The molecule has 0 saturated carbocycles. The van der Waals surface area contributed by atoms with E-state index in [2.05, 4.69) is 10.5 Å². The molecule has 202 valence electrons. The Balaban J connectivity index is 1.44. The van der Waals surface area contributed by atoms with Gasteiger partial charge in [0.05, 0.1) is 29.1 Å². The fourth-order valence-electron chi connectivity index (χ4n) is 4.66. The predicted octanol–water partition coefficient (Wildman–Crippen LogP) is 5.45. The van der Waals surface area contributed by atoms with Gasteiger partial charge in [-0.3, -0.25) is 14.2 Å². The Morgan fingerprint density at radius 3 is 2.59 bits per heavy atom. The van der Waals surface area contributed by atoms with Crippen LogP contribution in [0.4, 0.5) is 0 Å². The number of aromatic nitrogens is 2. The summed E-state index contributed by atoms with van der Waals surface area (Å²) in [5.74, 6) is 0.631. The molecule has 0 saturated heterocycles. The fraction of sp³-hybridized carbons (Fsp3) is 0.310. The predicted molar refractivity (Wildman–Crippen MR) is 157 cm³/mol. The first-order chi connectivity index (χ1) is 19.0. The van der Waals surface area contributed by atoms with Crippen LogP contribution in [-0.4, -0.2) is 38.6 Å². The number of hydrogen-bond acceptors (Lipinski definition) is 8. The molecule has 0 unspecified atom stereocenters. The molecule has 8 nitrogen and oxygen atoms in total. The zero-order valence-corrected chi connectivity index (χ0v) is 23.5. The minimum absolute atomic E-state index is 0.0378. The van der Waals surface area contributed by atoms with Gasteiger partial charge in [-0.2, -0.15) is 5.10 Å². The van der Waals surface area contributed by atoms with E-state index in [0.717, 1.165) is 47.4 Å². The highest BCUT2D eigenvalue weighted by atomic mass is 32.2. The monoisotopic (exact) mass is 562 g/mol. The molecule has 2 heterocycles. The van der Waals surface area contributed by atoms with Crippen molar-refractivity contribution in [3.05, 3.63) is 74.9 Å². The smallest absolute Gasteiger partial charge is 0.267 e. The van der Waals surface area contributed by atoms with E-state index in [9.17, 15) is 14.7 Å². The molecule has 0 bridgehead atoms. The number of aromatic hydroxyl groups is 1. The first-order valence-electron chi connectivity index (χ1n) is 13.1. The number of hydrogen-bond donors (Lipinski definition) is 2. The molecule has 39 heavy (non-hydrogen) atoms. The van der Waals surface area contributed by atoms with Crippen molar-refractivity contribution in [2.75, 3.05) is 12.4 Å².